The number of hydrogen-bond donors (Lipinski definition) is 3. The molecule has 0 bridgehead atoms. The minimum atomic E-state index is -0.960. The quantitative estimate of drug-likeness (QED) is 0.664. The first kappa shape index (κ1) is 19.4. The third-order valence-electron chi connectivity index (χ3n) is 3.73. The van der Waals surface area contributed by atoms with E-state index >= 15 is 0 Å². The zero-order chi connectivity index (χ0) is 18.9. The lowest BCUT2D eigenvalue weighted by Gasteiger charge is -2.15. The molecule has 0 fully saturated rings. The zero-order valence-electron chi connectivity index (χ0n) is 14.4. The summed E-state index contributed by atoms with van der Waals surface area (Å²) in [4.78, 5) is 23.6. The molecule has 0 saturated carbocycles. The van der Waals surface area contributed by atoms with Crippen LogP contribution in [0.15, 0.2) is 48.5 Å². The molecule has 0 aromatic heterocycles. The van der Waals surface area contributed by atoms with Crippen molar-refractivity contribution >= 4 is 11.9 Å². The fourth-order valence-corrected chi connectivity index (χ4v) is 2.33. The smallest absolute Gasteiger partial charge is 0.315 e. The first-order valence-electron chi connectivity index (χ1n) is 8.25. The van der Waals surface area contributed by atoms with Crippen LogP contribution in [0.25, 0.3) is 0 Å². The van der Waals surface area contributed by atoms with Gasteiger partial charge in [0.05, 0.1) is 12.5 Å². The van der Waals surface area contributed by atoms with Crippen LogP contribution in [0.1, 0.15) is 24.1 Å². The molecule has 1 atom stereocenters. The number of urea groups is 1. The molecule has 2 aromatic rings. The molecule has 5 nitrogen and oxygen atoms in total. The molecule has 26 heavy (non-hydrogen) atoms. The van der Waals surface area contributed by atoms with Gasteiger partial charge in [-0.25, -0.2) is 13.6 Å². The van der Waals surface area contributed by atoms with Crippen LogP contribution in [-0.4, -0.2) is 25.0 Å². The lowest BCUT2D eigenvalue weighted by molar-refractivity contribution is -0.120. The summed E-state index contributed by atoms with van der Waals surface area (Å²) in [6.45, 7) is 2.20. The monoisotopic (exact) mass is 361 g/mol. The van der Waals surface area contributed by atoms with Gasteiger partial charge in [0, 0.05) is 13.1 Å². The van der Waals surface area contributed by atoms with Crippen molar-refractivity contribution in [3.05, 3.63) is 71.3 Å². The SMILES string of the molecule is CC(NC(=O)NCCNC(=O)Cc1ccccc1)c1ccc(F)c(F)c1. The second-order valence-electron chi connectivity index (χ2n) is 5.81. The molecular formula is C19H21F2N3O2. The van der Waals surface area contributed by atoms with Gasteiger partial charge in [0.15, 0.2) is 11.6 Å². The fourth-order valence-electron chi connectivity index (χ4n) is 2.33. The number of rotatable bonds is 7. The van der Waals surface area contributed by atoms with Crippen LogP contribution in [0.4, 0.5) is 13.6 Å². The summed E-state index contributed by atoms with van der Waals surface area (Å²) in [5, 5.41) is 7.93. The third-order valence-corrected chi connectivity index (χ3v) is 3.73. The van der Waals surface area contributed by atoms with Crippen molar-refractivity contribution in [1.29, 1.82) is 0 Å². The molecule has 0 spiro atoms. The zero-order valence-corrected chi connectivity index (χ0v) is 14.4. The van der Waals surface area contributed by atoms with Crippen LogP contribution >= 0.6 is 0 Å². The van der Waals surface area contributed by atoms with Crippen molar-refractivity contribution in [2.45, 2.75) is 19.4 Å². The molecule has 0 saturated heterocycles. The maximum atomic E-state index is 13.2. The first-order valence-corrected chi connectivity index (χ1v) is 8.25. The normalized spacial score (nSPS) is 11.5. The largest absolute Gasteiger partial charge is 0.354 e. The Balaban J connectivity index is 1.66. The summed E-state index contributed by atoms with van der Waals surface area (Å²) in [6, 6.07) is 11.9. The van der Waals surface area contributed by atoms with Crippen LogP contribution in [0.5, 0.6) is 0 Å². The van der Waals surface area contributed by atoms with Gasteiger partial charge in [-0.15, -0.1) is 0 Å². The van der Waals surface area contributed by atoms with E-state index in [2.05, 4.69) is 16.0 Å². The molecule has 0 heterocycles. The Morgan fingerprint density at radius 2 is 1.65 bits per heavy atom. The predicted molar refractivity (Wildman–Crippen MR) is 94.5 cm³/mol. The second kappa shape index (κ2) is 9.50. The maximum absolute atomic E-state index is 13.2. The highest BCUT2D eigenvalue weighted by Gasteiger charge is 2.11. The van der Waals surface area contributed by atoms with Crippen molar-refractivity contribution in [2.24, 2.45) is 0 Å². The Morgan fingerprint density at radius 3 is 2.35 bits per heavy atom. The summed E-state index contributed by atoms with van der Waals surface area (Å²) >= 11 is 0. The average Bonchev–Trinajstić information content (AvgIpc) is 2.62. The number of carbonyl (C=O) groups excluding carboxylic acids is 2. The number of carbonyl (C=O) groups is 2. The summed E-state index contributed by atoms with van der Waals surface area (Å²) in [6.07, 6.45) is 0.278. The van der Waals surface area contributed by atoms with E-state index < -0.39 is 23.7 Å². The highest BCUT2D eigenvalue weighted by Crippen LogP contribution is 2.15. The van der Waals surface area contributed by atoms with Gasteiger partial charge in [-0.2, -0.15) is 0 Å². The summed E-state index contributed by atoms with van der Waals surface area (Å²) in [5.41, 5.74) is 1.37. The molecule has 7 heteroatoms. The van der Waals surface area contributed by atoms with Gasteiger partial charge in [-0.3, -0.25) is 4.79 Å². The van der Waals surface area contributed by atoms with Crippen LogP contribution in [0, 0.1) is 11.6 Å². The molecule has 1 unspecified atom stereocenters. The number of amides is 3. The van der Waals surface area contributed by atoms with Crippen LogP contribution in [-0.2, 0) is 11.2 Å². The van der Waals surface area contributed by atoms with E-state index in [4.69, 9.17) is 0 Å². The Kier molecular flexibility index (Phi) is 7.08. The Labute approximate surface area is 150 Å². The lowest BCUT2D eigenvalue weighted by Crippen LogP contribution is -2.41. The highest BCUT2D eigenvalue weighted by molar-refractivity contribution is 5.78. The Bertz CT molecular complexity index is 754. The molecule has 3 amide bonds. The number of nitrogens with one attached hydrogen (secondary N) is 3. The van der Waals surface area contributed by atoms with Crippen LogP contribution in [0.3, 0.4) is 0 Å². The topological polar surface area (TPSA) is 70.2 Å². The van der Waals surface area contributed by atoms with Crippen molar-refractivity contribution in [3.63, 3.8) is 0 Å². The minimum Gasteiger partial charge on any atom is -0.354 e. The van der Waals surface area contributed by atoms with Crippen molar-refractivity contribution < 1.29 is 18.4 Å². The van der Waals surface area contributed by atoms with Crippen molar-refractivity contribution in [1.82, 2.24) is 16.0 Å². The predicted octanol–water partition coefficient (Wildman–Crippen LogP) is 2.68. The first-order chi connectivity index (χ1) is 12.5. The highest BCUT2D eigenvalue weighted by atomic mass is 19.2. The maximum Gasteiger partial charge on any atom is 0.315 e. The molecule has 138 valence electrons. The number of benzene rings is 2. The third kappa shape index (κ3) is 6.16. The summed E-state index contributed by atoms with van der Waals surface area (Å²) in [7, 11) is 0. The molecule has 0 aliphatic carbocycles. The molecule has 0 aliphatic heterocycles. The van der Waals surface area contributed by atoms with Gasteiger partial charge < -0.3 is 16.0 Å². The van der Waals surface area contributed by atoms with Gasteiger partial charge in [0.25, 0.3) is 0 Å². The van der Waals surface area contributed by atoms with Crippen LogP contribution in [0.2, 0.25) is 0 Å². The van der Waals surface area contributed by atoms with E-state index in [-0.39, 0.29) is 18.9 Å². The second-order valence-corrected chi connectivity index (χ2v) is 5.81. The van der Waals surface area contributed by atoms with Gasteiger partial charge in [0.2, 0.25) is 5.91 Å². The average molecular weight is 361 g/mol. The van der Waals surface area contributed by atoms with Crippen molar-refractivity contribution in [2.75, 3.05) is 13.1 Å². The molecule has 2 rings (SSSR count). The Morgan fingerprint density at radius 1 is 0.962 bits per heavy atom. The van der Waals surface area contributed by atoms with E-state index in [1.807, 2.05) is 30.3 Å². The van der Waals surface area contributed by atoms with E-state index in [0.717, 1.165) is 17.7 Å². The number of halogens is 2. The molecule has 0 radical (unpaired) electrons. The standard InChI is InChI=1S/C19H21F2N3O2/c1-13(15-7-8-16(20)17(21)12-15)24-19(26)23-10-9-22-18(25)11-14-5-3-2-4-6-14/h2-8,12-13H,9-11H2,1H3,(H,22,25)(H2,23,24,26). The van der Waals surface area contributed by atoms with E-state index in [9.17, 15) is 18.4 Å². The Hall–Kier alpha value is -2.96. The molecule has 2 aromatic carbocycles. The molecule has 0 aliphatic rings. The van der Waals surface area contributed by atoms with E-state index in [1.54, 1.807) is 6.92 Å². The number of hydrogen-bond acceptors (Lipinski definition) is 2. The fraction of sp³-hybridized carbons (Fsp3) is 0.263. The van der Waals surface area contributed by atoms with Crippen LogP contribution < -0.4 is 16.0 Å². The van der Waals surface area contributed by atoms with Crippen molar-refractivity contribution in [3.8, 4) is 0 Å². The van der Waals surface area contributed by atoms with Gasteiger partial charge in [-0.05, 0) is 30.2 Å². The molecular weight excluding hydrogens is 340 g/mol. The molecule has 3 N–H and O–H groups in total. The minimum absolute atomic E-state index is 0.131. The van der Waals surface area contributed by atoms with Gasteiger partial charge in [0.1, 0.15) is 0 Å². The van der Waals surface area contributed by atoms with Gasteiger partial charge in [-0.1, -0.05) is 36.4 Å². The lowest BCUT2D eigenvalue weighted by atomic mass is 10.1. The van der Waals surface area contributed by atoms with E-state index in [1.165, 1.54) is 6.07 Å². The summed E-state index contributed by atoms with van der Waals surface area (Å²) < 4.78 is 26.1. The van der Waals surface area contributed by atoms with E-state index in [0.29, 0.717) is 12.1 Å². The van der Waals surface area contributed by atoms with Gasteiger partial charge >= 0.3 is 6.03 Å². The summed E-state index contributed by atoms with van der Waals surface area (Å²) in [5.74, 6) is -2.03.